The normalized spacial score (nSPS) is 23.8. The van der Waals surface area contributed by atoms with Crippen LogP contribution in [0.3, 0.4) is 0 Å². The first kappa shape index (κ1) is 14.1. The summed E-state index contributed by atoms with van der Waals surface area (Å²) in [5.74, 6) is 0.312. The number of hydrogen-bond donors (Lipinski definition) is 1. The SMILES string of the molecule is CC[C@@H]1[C@@H](C(=O)NCc2cnn(C)c2C)CCN1C. The quantitative estimate of drug-likeness (QED) is 0.885. The molecule has 19 heavy (non-hydrogen) atoms. The number of amides is 1. The Kier molecular flexibility index (Phi) is 4.24. The van der Waals surface area contributed by atoms with Gasteiger partial charge in [-0.1, -0.05) is 6.92 Å². The molecule has 1 N–H and O–H groups in total. The number of hydrogen-bond acceptors (Lipinski definition) is 3. The van der Waals surface area contributed by atoms with Crippen molar-refractivity contribution in [1.29, 1.82) is 0 Å². The van der Waals surface area contributed by atoms with Crippen molar-refractivity contribution in [3.8, 4) is 0 Å². The van der Waals surface area contributed by atoms with Gasteiger partial charge in [-0.2, -0.15) is 5.10 Å². The first-order valence-corrected chi connectivity index (χ1v) is 7.00. The van der Waals surface area contributed by atoms with Crippen LogP contribution >= 0.6 is 0 Å². The van der Waals surface area contributed by atoms with Crippen molar-refractivity contribution < 1.29 is 4.79 Å². The fourth-order valence-electron chi connectivity index (χ4n) is 2.94. The van der Waals surface area contributed by atoms with Crippen molar-refractivity contribution in [1.82, 2.24) is 20.0 Å². The zero-order chi connectivity index (χ0) is 14.0. The summed E-state index contributed by atoms with van der Waals surface area (Å²) >= 11 is 0. The molecular formula is C14H24N4O. The lowest BCUT2D eigenvalue weighted by molar-refractivity contribution is -0.125. The molecule has 1 aliphatic rings. The third kappa shape index (κ3) is 2.81. The lowest BCUT2D eigenvalue weighted by Crippen LogP contribution is -2.38. The van der Waals surface area contributed by atoms with E-state index >= 15 is 0 Å². The van der Waals surface area contributed by atoms with Gasteiger partial charge in [0.05, 0.1) is 12.1 Å². The highest BCUT2D eigenvalue weighted by Gasteiger charge is 2.35. The molecule has 1 aromatic heterocycles. The summed E-state index contributed by atoms with van der Waals surface area (Å²) in [6, 6.07) is 0.384. The predicted octanol–water partition coefficient (Wildman–Crippen LogP) is 1.08. The maximum Gasteiger partial charge on any atom is 0.225 e. The third-order valence-corrected chi connectivity index (χ3v) is 4.37. The summed E-state index contributed by atoms with van der Waals surface area (Å²) in [5.41, 5.74) is 2.20. The van der Waals surface area contributed by atoms with Crippen LogP contribution in [0.4, 0.5) is 0 Å². The van der Waals surface area contributed by atoms with Gasteiger partial charge >= 0.3 is 0 Å². The molecule has 1 fully saturated rings. The Morgan fingerprint density at radius 1 is 1.53 bits per heavy atom. The molecule has 0 saturated carbocycles. The maximum atomic E-state index is 12.3. The van der Waals surface area contributed by atoms with Crippen LogP contribution in [0.5, 0.6) is 0 Å². The number of rotatable bonds is 4. The van der Waals surface area contributed by atoms with E-state index in [1.807, 2.05) is 24.9 Å². The molecule has 0 bridgehead atoms. The molecule has 5 heteroatoms. The zero-order valence-corrected chi connectivity index (χ0v) is 12.3. The first-order valence-electron chi connectivity index (χ1n) is 7.00. The lowest BCUT2D eigenvalue weighted by atomic mass is 9.97. The van der Waals surface area contributed by atoms with Crippen molar-refractivity contribution >= 4 is 5.91 Å². The number of carbonyl (C=O) groups excluding carboxylic acids is 1. The minimum Gasteiger partial charge on any atom is -0.352 e. The minimum atomic E-state index is 0.131. The Labute approximate surface area is 115 Å². The van der Waals surface area contributed by atoms with E-state index in [1.165, 1.54) is 0 Å². The third-order valence-electron chi connectivity index (χ3n) is 4.37. The van der Waals surface area contributed by atoms with Gasteiger partial charge in [0.2, 0.25) is 5.91 Å². The van der Waals surface area contributed by atoms with Gasteiger partial charge in [0, 0.05) is 30.9 Å². The Morgan fingerprint density at radius 3 is 2.84 bits per heavy atom. The van der Waals surface area contributed by atoms with Crippen LogP contribution in [-0.4, -0.2) is 40.2 Å². The standard InChI is InChI=1S/C14H24N4O/c1-5-13-12(6-7-17(13)3)14(19)15-8-11-9-16-18(4)10(11)2/h9,12-13H,5-8H2,1-4H3,(H,15,19)/t12-,13+/m0/s1. The van der Waals surface area contributed by atoms with Gasteiger partial charge in [-0.3, -0.25) is 9.48 Å². The molecule has 0 aromatic carbocycles. The number of carbonyl (C=O) groups is 1. The van der Waals surface area contributed by atoms with Crippen molar-refractivity contribution in [3.63, 3.8) is 0 Å². The summed E-state index contributed by atoms with van der Waals surface area (Å²) < 4.78 is 1.83. The smallest absolute Gasteiger partial charge is 0.225 e. The summed E-state index contributed by atoms with van der Waals surface area (Å²) in [5, 5.41) is 7.25. The van der Waals surface area contributed by atoms with E-state index in [1.54, 1.807) is 0 Å². The van der Waals surface area contributed by atoms with Crippen LogP contribution in [0, 0.1) is 12.8 Å². The molecule has 106 valence electrons. The highest BCUT2D eigenvalue weighted by molar-refractivity contribution is 5.79. The Balaban J connectivity index is 1.93. The van der Waals surface area contributed by atoms with Crippen LogP contribution in [0.25, 0.3) is 0 Å². The van der Waals surface area contributed by atoms with E-state index in [0.717, 1.165) is 30.6 Å². The second kappa shape index (κ2) is 5.74. The first-order chi connectivity index (χ1) is 9.04. The van der Waals surface area contributed by atoms with Gasteiger partial charge < -0.3 is 10.2 Å². The molecule has 1 aliphatic heterocycles. The van der Waals surface area contributed by atoms with Gasteiger partial charge in [-0.15, -0.1) is 0 Å². The van der Waals surface area contributed by atoms with E-state index in [2.05, 4.69) is 29.3 Å². The van der Waals surface area contributed by atoms with Crippen LogP contribution in [-0.2, 0) is 18.4 Å². The monoisotopic (exact) mass is 264 g/mol. The zero-order valence-electron chi connectivity index (χ0n) is 12.3. The summed E-state index contributed by atoms with van der Waals surface area (Å²) in [6.07, 6.45) is 3.82. The average molecular weight is 264 g/mol. The van der Waals surface area contributed by atoms with Gasteiger partial charge in [0.1, 0.15) is 0 Å². The number of nitrogens with one attached hydrogen (secondary N) is 1. The summed E-state index contributed by atoms with van der Waals surface area (Å²) in [6.45, 7) is 5.77. The Bertz CT molecular complexity index is 454. The van der Waals surface area contributed by atoms with Crippen LogP contribution < -0.4 is 5.32 Å². The van der Waals surface area contributed by atoms with E-state index < -0.39 is 0 Å². The van der Waals surface area contributed by atoms with Crippen LogP contribution in [0.2, 0.25) is 0 Å². The molecule has 0 unspecified atom stereocenters. The van der Waals surface area contributed by atoms with Crippen LogP contribution in [0.1, 0.15) is 31.0 Å². The molecule has 2 atom stereocenters. The Hall–Kier alpha value is -1.36. The lowest BCUT2D eigenvalue weighted by Gasteiger charge is -2.22. The number of likely N-dealkylation sites (tertiary alicyclic amines) is 1. The summed E-state index contributed by atoms with van der Waals surface area (Å²) in [7, 11) is 4.02. The highest BCUT2D eigenvalue weighted by Crippen LogP contribution is 2.25. The largest absolute Gasteiger partial charge is 0.352 e. The van der Waals surface area contributed by atoms with E-state index in [9.17, 15) is 4.79 Å². The molecule has 1 amide bonds. The molecular weight excluding hydrogens is 240 g/mol. The van der Waals surface area contributed by atoms with Gasteiger partial charge in [-0.05, 0) is 33.4 Å². The maximum absolute atomic E-state index is 12.3. The molecule has 2 heterocycles. The molecule has 2 rings (SSSR count). The van der Waals surface area contributed by atoms with Crippen molar-refractivity contribution in [2.24, 2.45) is 13.0 Å². The highest BCUT2D eigenvalue weighted by atomic mass is 16.1. The second-order valence-electron chi connectivity index (χ2n) is 5.45. The van der Waals surface area contributed by atoms with E-state index in [-0.39, 0.29) is 11.8 Å². The Morgan fingerprint density at radius 2 is 2.26 bits per heavy atom. The fourth-order valence-corrected chi connectivity index (χ4v) is 2.94. The fraction of sp³-hybridized carbons (Fsp3) is 0.714. The molecule has 1 saturated heterocycles. The van der Waals surface area contributed by atoms with Crippen LogP contribution in [0.15, 0.2) is 6.20 Å². The summed E-state index contributed by atoms with van der Waals surface area (Å²) in [4.78, 5) is 14.6. The molecule has 1 aromatic rings. The number of aromatic nitrogens is 2. The van der Waals surface area contributed by atoms with Gasteiger partial charge in [0.15, 0.2) is 0 Å². The molecule has 0 radical (unpaired) electrons. The topological polar surface area (TPSA) is 50.2 Å². The van der Waals surface area contributed by atoms with E-state index in [4.69, 9.17) is 0 Å². The molecule has 5 nitrogen and oxygen atoms in total. The number of aryl methyl sites for hydroxylation is 1. The van der Waals surface area contributed by atoms with E-state index in [0.29, 0.717) is 12.6 Å². The average Bonchev–Trinajstić information content (AvgIpc) is 2.92. The minimum absolute atomic E-state index is 0.131. The van der Waals surface area contributed by atoms with Gasteiger partial charge in [-0.25, -0.2) is 0 Å². The predicted molar refractivity (Wildman–Crippen MR) is 74.6 cm³/mol. The molecule has 0 aliphatic carbocycles. The molecule has 0 spiro atoms. The van der Waals surface area contributed by atoms with Gasteiger partial charge in [0.25, 0.3) is 0 Å². The second-order valence-corrected chi connectivity index (χ2v) is 5.45. The number of nitrogens with zero attached hydrogens (tertiary/aromatic N) is 3. The van der Waals surface area contributed by atoms with Crippen molar-refractivity contribution in [3.05, 3.63) is 17.5 Å². The van der Waals surface area contributed by atoms with Crippen molar-refractivity contribution in [2.45, 2.75) is 39.3 Å². The van der Waals surface area contributed by atoms with Crippen molar-refractivity contribution in [2.75, 3.05) is 13.6 Å².